The van der Waals surface area contributed by atoms with Crippen LogP contribution in [0.1, 0.15) is 22.1 Å². The summed E-state index contributed by atoms with van der Waals surface area (Å²) in [6.45, 7) is 1.99. The topological polar surface area (TPSA) is 38.3 Å². The number of carbonyl (C=O) groups excluding carboxylic acids is 1. The normalized spacial score (nSPS) is 14.9. The lowest BCUT2D eigenvalue weighted by Gasteiger charge is -2.20. The Morgan fingerprint density at radius 3 is 2.90 bits per heavy atom. The van der Waals surface area contributed by atoms with Crippen molar-refractivity contribution in [3.8, 4) is 5.75 Å². The molecule has 0 aliphatic carbocycles. The smallest absolute Gasteiger partial charge is 0.262 e. The van der Waals surface area contributed by atoms with E-state index in [4.69, 9.17) is 27.9 Å². The van der Waals surface area contributed by atoms with E-state index in [0.717, 1.165) is 16.7 Å². The highest BCUT2D eigenvalue weighted by molar-refractivity contribution is 6.31. The fraction of sp³-hybridized carbons (Fsp3) is 0.188. The second-order valence-electron chi connectivity index (χ2n) is 4.91. The van der Waals surface area contributed by atoms with Crippen LogP contribution in [0, 0.1) is 6.92 Å². The molecule has 0 fully saturated rings. The molecule has 0 spiro atoms. The highest BCUT2D eigenvalue weighted by Gasteiger charge is 2.20. The summed E-state index contributed by atoms with van der Waals surface area (Å²) in [5.74, 6) is 0.495. The molecule has 108 valence electrons. The van der Waals surface area contributed by atoms with Gasteiger partial charge in [-0.05, 0) is 41.8 Å². The number of hydrogen-bond donors (Lipinski definition) is 1. The molecule has 1 aliphatic rings. The number of fused-ring (bicyclic) bond motifs is 1. The summed E-state index contributed by atoms with van der Waals surface area (Å²) in [5.41, 5.74) is 3.44. The SMILES string of the molecule is Cc1c(Cl)cccc1C(Cl)c1ccc2c(c1)NC(=O)CO2. The van der Waals surface area contributed by atoms with Gasteiger partial charge in [-0.2, -0.15) is 0 Å². The van der Waals surface area contributed by atoms with Crippen molar-refractivity contribution in [2.24, 2.45) is 0 Å². The lowest BCUT2D eigenvalue weighted by atomic mass is 9.99. The van der Waals surface area contributed by atoms with Gasteiger partial charge in [-0.3, -0.25) is 4.79 Å². The van der Waals surface area contributed by atoms with Crippen LogP contribution in [0.15, 0.2) is 36.4 Å². The molecule has 0 saturated heterocycles. The van der Waals surface area contributed by atoms with Crippen LogP contribution in [0.25, 0.3) is 0 Å². The molecule has 0 radical (unpaired) electrons. The molecule has 3 rings (SSSR count). The minimum atomic E-state index is -0.340. The van der Waals surface area contributed by atoms with Crippen LogP contribution in [-0.2, 0) is 4.79 Å². The quantitative estimate of drug-likeness (QED) is 0.837. The maximum Gasteiger partial charge on any atom is 0.262 e. The number of halogens is 2. The molecular formula is C16H13Cl2NO2. The van der Waals surface area contributed by atoms with Gasteiger partial charge in [0.2, 0.25) is 0 Å². The van der Waals surface area contributed by atoms with Gasteiger partial charge in [0, 0.05) is 5.02 Å². The Kier molecular flexibility index (Phi) is 3.79. The van der Waals surface area contributed by atoms with Crippen molar-refractivity contribution in [3.05, 3.63) is 58.1 Å². The molecule has 3 nitrogen and oxygen atoms in total. The summed E-state index contributed by atoms with van der Waals surface area (Å²) >= 11 is 12.7. The van der Waals surface area contributed by atoms with Gasteiger partial charge < -0.3 is 10.1 Å². The highest BCUT2D eigenvalue weighted by Crippen LogP contribution is 2.37. The maximum atomic E-state index is 11.4. The van der Waals surface area contributed by atoms with Crippen LogP contribution >= 0.6 is 23.2 Å². The van der Waals surface area contributed by atoms with E-state index in [9.17, 15) is 4.79 Å². The molecule has 0 aromatic heterocycles. The molecule has 1 atom stereocenters. The third-order valence-corrected chi connectivity index (χ3v) is 4.41. The average molecular weight is 322 g/mol. The third-order valence-electron chi connectivity index (χ3n) is 3.51. The average Bonchev–Trinajstić information content (AvgIpc) is 2.48. The van der Waals surface area contributed by atoms with Gasteiger partial charge in [0.05, 0.1) is 11.1 Å². The van der Waals surface area contributed by atoms with E-state index in [2.05, 4.69) is 5.32 Å². The zero-order valence-corrected chi connectivity index (χ0v) is 12.8. The second kappa shape index (κ2) is 5.58. The van der Waals surface area contributed by atoms with Gasteiger partial charge in [-0.1, -0.05) is 29.8 Å². The Balaban J connectivity index is 1.98. The first kappa shape index (κ1) is 14.2. The van der Waals surface area contributed by atoms with Crippen LogP contribution in [0.4, 0.5) is 5.69 Å². The Hall–Kier alpha value is -1.71. The lowest BCUT2D eigenvalue weighted by molar-refractivity contribution is -0.118. The predicted molar refractivity (Wildman–Crippen MR) is 84.5 cm³/mol. The molecule has 1 amide bonds. The van der Waals surface area contributed by atoms with Gasteiger partial charge in [-0.15, -0.1) is 11.6 Å². The van der Waals surface area contributed by atoms with E-state index in [-0.39, 0.29) is 17.9 Å². The molecule has 0 bridgehead atoms. The van der Waals surface area contributed by atoms with Gasteiger partial charge in [0.1, 0.15) is 5.75 Å². The van der Waals surface area contributed by atoms with Gasteiger partial charge in [0.25, 0.3) is 5.91 Å². The van der Waals surface area contributed by atoms with Crippen LogP contribution < -0.4 is 10.1 Å². The second-order valence-corrected chi connectivity index (χ2v) is 5.75. The number of anilines is 1. The molecule has 2 aromatic carbocycles. The minimum Gasteiger partial charge on any atom is -0.482 e. The van der Waals surface area contributed by atoms with E-state index in [0.29, 0.717) is 16.5 Å². The molecular weight excluding hydrogens is 309 g/mol. The summed E-state index contributed by atoms with van der Waals surface area (Å²) in [5, 5.41) is 3.13. The molecule has 1 aliphatic heterocycles. The maximum absolute atomic E-state index is 11.4. The van der Waals surface area contributed by atoms with E-state index >= 15 is 0 Å². The van der Waals surface area contributed by atoms with E-state index in [1.807, 2.05) is 43.3 Å². The molecule has 0 saturated carbocycles. The number of carbonyl (C=O) groups is 1. The molecule has 1 N–H and O–H groups in total. The van der Waals surface area contributed by atoms with Crippen molar-refractivity contribution in [2.45, 2.75) is 12.3 Å². The number of nitrogens with one attached hydrogen (secondary N) is 1. The number of hydrogen-bond acceptors (Lipinski definition) is 2. The Bertz CT molecular complexity index is 715. The van der Waals surface area contributed by atoms with Crippen LogP contribution in [0.2, 0.25) is 5.02 Å². The van der Waals surface area contributed by atoms with Crippen LogP contribution in [0.3, 0.4) is 0 Å². The van der Waals surface area contributed by atoms with Gasteiger partial charge in [0.15, 0.2) is 6.61 Å². The lowest BCUT2D eigenvalue weighted by Crippen LogP contribution is -2.25. The number of benzene rings is 2. The van der Waals surface area contributed by atoms with Crippen molar-refractivity contribution >= 4 is 34.8 Å². The fourth-order valence-electron chi connectivity index (χ4n) is 2.34. The Morgan fingerprint density at radius 1 is 1.29 bits per heavy atom. The zero-order chi connectivity index (χ0) is 15.0. The summed E-state index contributed by atoms with van der Waals surface area (Å²) in [4.78, 5) is 11.4. The summed E-state index contributed by atoms with van der Waals surface area (Å²) < 4.78 is 5.34. The number of rotatable bonds is 2. The largest absolute Gasteiger partial charge is 0.482 e. The number of ether oxygens (including phenoxy) is 1. The zero-order valence-electron chi connectivity index (χ0n) is 11.3. The van der Waals surface area contributed by atoms with Crippen LogP contribution in [-0.4, -0.2) is 12.5 Å². The van der Waals surface area contributed by atoms with Crippen molar-refractivity contribution in [3.63, 3.8) is 0 Å². The number of alkyl halides is 1. The number of amides is 1. The Labute approximate surface area is 132 Å². The predicted octanol–water partition coefficient (Wildman–Crippen LogP) is 4.31. The first-order valence-electron chi connectivity index (χ1n) is 6.52. The van der Waals surface area contributed by atoms with Gasteiger partial charge >= 0.3 is 0 Å². The van der Waals surface area contributed by atoms with Crippen molar-refractivity contribution in [2.75, 3.05) is 11.9 Å². The molecule has 2 aromatic rings. The van der Waals surface area contributed by atoms with E-state index in [1.165, 1.54) is 0 Å². The summed E-state index contributed by atoms with van der Waals surface area (Å²) in [6.07, 6.45) is 0. The highest BCUT2D eigenvalue weighted by atomic mass is 35.5. The third kappa shape index (κ3) is 2.71. The molecule has 1 heterocycles. The molecule has 5 heteroatoms. The summed E-state index contributed by atoms with van der Waals surface area (Å²) in [7, 11) is 0. The van der Waals surface area contributed by atoms with E-state index in [1.54, 1.807) is 0 Å². The van der Waals surface area contributed by atoms with E-state index < -0.39 is 0 Å². The monoisotopic (exact) mass is 321 g/mol. The first-order valence-corrected chi connectivity index (χ1v) is 7.33. The van der Waals surface area contributed by atoms with Crippen molar-refractivity contribution in [1.82, 2.24) is 0 Å². The Morgan fingerprint density at radius 2 is 2.10 bits per heavy atom. The standard InChI is InChI=1S/C16H13Cl2NO2/c1-9-11(3-2-4-12(9)17)16(18)10-5-6-14-13(7-10)19-15(20)8-21-14/h2-7,16H,8H2,1H3,(H,19,20). The van der Waals surface area contributed by atoms with Crippen molar-refractivity contribution < 1.29 is 9.53 Å². The first-order chi connectivity index (χ1) is 10.1. The van der Waals surface area contributed by atoms with Crippen molar-refractivity contribution in [1.29, 1.82) is 0 Å². The van der Waals surface area contributed by atoms with Gasteiger partial charge in [-0.25, -0.2) is 0 Å². The van der Waals surface area contributed by atoms with Crippen LogP contribution in [0.5, 0.6) is 5.75 Å². The minimum absolute atomic E-state index is 0.0457. The molecule has 1 unspecified atom stereocenters. The summed E-state index contributed by atoms with van der Waals surface area (Å²) in [6, 6.07) is 11.2. The fourth-order valence-corrected chi connectivity index (χ4v) is 2.89. The molecule has 21 heavy (non-hydrogen) atoms.